The zero-order chi connectivity index (χ0) is 18.8. The van der Waals surface area contributed by atoms with E-state index >= 15 is 0 Å². The SMILES string of the molecule is O=C(Cn1c(=O)cnc2ccccc21)Nc1nc(-c2ccccc2F)cs1. The number of rotatable bonds is 4. The van der Waals surface area contributed by atoms with Gasteiger partial charge in [0.15, 0.2) is 5.13 Å². The van der Waals surface area contributed by atoms with Crippen molar-refractivity contribution in [1.29, 1.82) is 0 Å². The highest BCUT2D eigenvalue weighted by atomic mass is 32.1. The lowest BCUT2D eigenvalue weighted by Crippen LogP contribution is -2.27. The van der Waals surface area contributed by atoms with Crippen LogP contribution in [0.4, 0.5) is 9.52 Å². The number of benzene rings is 2. The van der Waals surface area contributed by atoms with E-state index in [0.29, 0.717) is 27.4 Å². The van der Waals surface area contributed by atoms with Gasteiger partial charge < -0.3 is 5.32 Å². The molecule has 0 spiro atoms. The van der Waals surface area contributed by atoms with Gasteiger partial charge in [0.1, 0.15) is 12.4 Å². The van der Waals surface area contributed by atoms with E-state index in [2.05, 4.69) is 15.3 Å². The van der Waals surface area contributed by atoms with Gasteiger partial charge in [-0.3, -0.25) is 14.2 Å². The molecule has 1 amide bonds. The Kier molecular flexibility index (Phi) is 4.47. The molecular formula is C19H13FN4O2S. The molecule has 0 aliphatic rings. The average molecular weight is 380 g/mol. The molecule has 0 radical (unpaired) electrons. The number of carbonyl (C=O) groups is 1. The van der Waals surface area contributed by atoms with Crippen LogP contribution in [0.2, 0.25) is 0 Å². The summed E-state index contributed by atoms with van der Waals surface area (Å²) in [6.45, 7) is -0.170. The molecule has 8 heteroatoms. The molecule has 0 unspecified atom stereocenters. The van der Waals surface area contributed by atoms with Crippen LogP contribution in [0.15, 0.2) is 64.9 Å². The van der Waals surface area contributed by atoms with Crippen LogP contribution in [0.25, 0.3) is 22.3 Å². The number of amides is 1. The van der Waals surface area contributed by atoms with Crippen LogP contribution < -0.4 is 10.9 Å². The molecular weight excluding hydrogens is 367 g/mol. The van der Waals surface area contributed by atoms with Gasteiger partial charge in [0, 0.05) is 10.9 Å². The summed E-state index contributed by atoms with van der Waals surface area (Å²) in [5.74, 6) is -0.779. The standard InChI is InChI=1S/C19H13FN4O2S/c20-13-6-2-1-5-12(13)15-11-27-19(22-15)23-17(25)10-24-16-8-4-3-7-14(16)21-9-18(24)26/h1-9,11H,10H2,(H,22,23,25). The number of nitrogens with zero attached hydrogens (tertiary/aromatic N) is 3. The molecule has 4 aromatic rings. The first kappa shape index (κ1) is 17.0. The Balaban J connectivity index is 1.55. The fourth-order valence-electron chi connectivity index (χ4n) is 2.70. The topological polar surface area (TPSA) is 76.9 Å². The number of para-hydroxylation sites is 2. The minimum atomic E-state index is -0.400. The Morgan fingerprint density at radius 1 is 1.15 bits per heavy atom. The average Bonchev–Trinajstić information content (AvgIpc) is 3.12. The normalized spacial score (nSPS) is 10.9. The second kappa shape index (κ2) is 7.08. The summed E-state index contributed by atoms with van der Waals surface area (Å²) >= 11 is 1.19. The molecule has 0 saturated carbocycles. The number of fused-ring (bicyclic) bond motifs is 1. The highest BCUT2D eigenvalue weighted by Gasteiger charge is 2.13. The van der Waals surface area contributed by atoms with E-state index in [-0.39, 0.29) is 17.9 Å². The van der Waals surface area contributed by atoms with Crippen molar-refractivity contribution in [3.05, 3.63) is 76.3 Å². The predicted octanol–water partition coefficient (Wildman–Crippen LogP) is 3.30. The lowest BCUT2D eigenvalue weighted by molar-refractivity contribution is -0.116. The van der Waals surface area contributed by atoms with Crippen LogP contribution in [0.5, 0.6) is 0 Å². The maximum Gasteiger partial charge on any atom is 0.269 e. The number of aromatic nitrogens is 3. The van der Waals surface area contributed by atoms with Gasteiger partial charge in [-0.1, -0.05) is 24.3 Å². The number of hydrogen-bond donors (Lipinski definition) is 1. The molecule has 4 rings (SSSR count). The number of halogens is 1. The summed E-state index contributed by atoms with van der Waals surface area (Å²) in [7, 11) is 0. The second-order valence-electron chi connectivity index (χ2n) is 5.74. The summed E-state index contributed by atoms with van der Waals surface area (Å²) < 4.78 is 15.2. The first-order valence-corrected chi connectivity index (χ1v) is 8.94. The van der Waals surface area contributed by atoms with Crippen molar-refractivity contribution < 1.29 is 9.18 Å². The number of thiazole rings is 1. The number of nitrogens with one attached hydrogen (secondary N) is 1. The Morgan fingerprint density at radius 3 is 2.78 bits per heavy atom. The van der Waals surface area contributed by atoms with Crippen LogP contribution in [0.3, 0.4) is 0 Å². The Bertz CT molecular complexity index is 1200. The highest BCUT2D eigenvalue weighted by molar-refractivity contribution is 7.14. The molecule has 2 aromatic carbocycles. The molecule has 1 N–H and O–H groups in total. The first-order chi connectivity index (χ1) is 13.1. The largest absolute Gasteiger partial charge is 0.300 e. The molecule has 27 heavy (non-hydrogen) atoms. The van der Waals surface area contributed by atoms with E-state index in [4.69, 9.17) is 0 Å². The second-order valence-corrected chi connectivity index (χ2v) is 6.60. The van der Waals surface area contributed by atoms with Crippen molar-refractivity contribution in [1.82, 2.24) is 14.5 Å². The molecule has 0 aliphatic carbocycles. The van der Waals surface area contributed by atoms with E-state index < -0.39 is 5.91 Å². The molecule has 0 fully saturated rings. The van der Waals surface area contributed by atoms with Gasteiger partial charge in [-0.15, -0.1) is 11.3 Å². The molecule has 0 aliphatic heterocycles. The monoisotopic (exact) mass is 380 g/mol. The van der Waals surface area contributed by atoms with Crippen LogP contribution in [0, 0.1) is 5.82 Å². The van der Waals surface area contributed by atoms with Crippen molar-refractivity contribution in [2.75, 3.05) is 5.32 Å². The summed E-state index contributed by atoms with van der Waals surface area (Å²) in [4.78, 5) is 32.8. The van der Waals surface area contributed by atoms with Crippen molar-refractivity contribution in [3.63, 3.8) is 0 Å². The zero-order valence-electron chi connectivity index (χ0n) is 13.9. The van der Waals surface area contributed by atoms with E-state index in [1.54, 1.807) is 41.8 Å². The van der Waals surface area contributed by atoms with Crippen LogP contribution in [0.1, 0.15) is 0 Å². The van der Waals surface area contributed by atoms with Gasteiger partial charge in [-0.2, -0.15) is 0 Å². The lowest BCUT2D eigenvalue weighted by atomic mass is 10.2. The third-order valence-electron chi connectivity index (χ3n) is 3.95. The quantitative estimate of drug-likeness (QED) is 0.589. The van der Waals surface area contributed by atoms with Gasteiger partial charge in [0.2, 0.25) is 5.91 Å². The van der Waals surface area contributed by atoms with Gasteiger partial charge in [0.05, 0.1) is 22.9 Å². The Labute approximate surface area is 157 Å². The van der Waals surface area contributed by atoms with Crippen molar-refractivity contribution in [3.8, 4) is 11.3 Å². The Morgan fingerprint density at radius 2 is 1.93 bits per heavy atom. The molecule has 2 heterocycles. The van der Waals surface area contributed by atoms with Crippen LogP contribution >= 0.6 is 11.3 Å². The zero-order valence-corrected chi connectivity index (χ0v) is 14.7. The minimum absolute atomic E-state index is 0.170. The summed E-state index contributed by atoms with van der Waals surface area (Å²) in [6, 6.07) is 13.4. The molecule has 6 nitrogen and oxygen atoms in total. The maximum absolute atomic E-state index is 13.9. The van der Waals surface area contributed by atoms with Gasteiger partial charge in [0.25, 0.3) is 5.56 Å². The molecule has 2 aromatic heterocycles. The van der Waals surface area contributed by atoms with Gasteiger partial charge >= 0.3 is 0 Å². The Hall–Kier alpha value is -3.39. The van der Waals surface area contributed by atoms with E-state index in [0.717, 1.165) is 0 Å². The summed E-state index contributed by atoms with van der Waals surface area (Å²) in [5, 5.41) is 4.66. The smallest absolute Gasteiger partial charge is 0.269 e. The maximum atomic E-state index is 13.9. The van der Waals surface area contributed by atoms with E-state index in [1.165, 1.54) is 28.2 Å². The predicted molar refractivity (Wildman–Crippen MR) is 102 cm³/mol. The molecule has 134 valence electrons. The number of hydrogen-bond acceptors (Lipinski definition) is 5. The van der Waals surface area contributed by atoms with Crippen molar-refractivity contribution in [2.45, 2.75) is 6.54 Å². The van der Waals surface area contributed by atoms with E-state index in [1.807, 2.05) is 6.07 Å². The van der Waals surface area contributed by atoms with Gasteiger partial charge in [-0.05, 0) is 24.3 Å². The molecule has 0 bridgehead atoms. The first-order valence-electron chi connectivity index (χ1n) is 8.07. The lowest BCUT2D eigenvalue weighted by Gasteiger charge is -2.08. The molecule has 0 saturated heterocycles. The van der Waals surface area contributed by atoms with Gasteiger partial charge in [-0.25, -0.2) is 14.4 Å². The fourth-order valence-corrected chi connectivity index (χ4v) is 3.43. The van der Waals surface area contributed by atoms with E-state index in [9.17, 15) is 14.0 Å². The third-order valence-corrected chi connectivity index (χ3v) is 4.71. The highest BCUT2D eigenvalue weighted by Crippen LogP contribution is 2.26. The number of anilines is 1. The minimum Gasteiger partial charge on any atom is -0.300 e. The third kappa shape index (κ3) is 3.47. The van der Waals surface area contributed by atoms with Crippen LogP contribution in [-0.2, 0) is 11.3 Å². The fraction of sp³-hybridized carbons (Fsp3) is 0.0526. The van der Waals surface area contributed by atoms with Crippen LogP contribution in [-0.4, -0.2) is 20.4 Å². The number of carbonyl (C=O) groups excluding carboxylic acids is 1. The van der Waals surface area contributed by atoms with Crippen molar-refractivity contribution in [2.24, 2.45) is 0 Å². The molecule has 0 atom stereocenters. The summed E-state index contributed by atoms with van der Waals surface area (Å²) in [5.41, 5.74) is 1.65. The summed E-state index contributed by atoms with van der Waals surface area (Å²) in [6.07, 6.45) is 1.19. The van der Waals surface area contributed by atoms with Crippen molar-refractivity contribution >= 4 is 33.4 Å².